The van der Waals surface area contributed by atoms with Crippen LogP contribution in [0, 0.1) is 5.92 Å². The van der Waals surface area contributed by atoms with E-state index in [1.165, 1.54) is 19.3 Å². The van der Waals surface area contributed by atoms with E-state index in [4.69, 9.17) is 14.2 Å². The Morgan fingerprint density at radius 1 is 1.02 bits per heavy atom. The summed E-state index contributed by atoms with van der Waals surface area (Å²) in [5.41, 5.74) is 2.89. The second-order valence-corrected chi connectivity index (χ2v) is 11.8. The summed E-state index contributed by atoms with van der Waals surface area (Å²) in [6.45, 7) is 6.65. The van der Waals surface area contributed by atoms with Crippen molar-refractivity contribution in [2.45, 2.75) is 58.2 Å². The minimum atomic E-state index is -0.0162. The van der Waals surface area contributed by atoms with Gasteiger partial charge in [0.25, 0.3) is 0 Å². The fourth-order valence-corrected chi connectivity index (χ4v) is 6.09. The maximum absolute atomic E-state index is 13.9. The molecule has 2 saturated heterocycles. The molecule has 0 radical (unpaired) electrons. The molecular weight excluding hydrogens is 532 g/mol. The molecule has 1 atom stereocenters. The number of carbonyl (C=O) groups is 2. The molecule has 2 aromatic carbocycles. The second kappa shape index (κ2) is 12.7. The Bertz CT molecular complexity index is 1410. The molecule has 0 bridgehead atoms. The molecule has 0 N–H and O–H groups in total. The fraction of sp³-hybridized carbons (Fsp3) is 0.515. The number of methoxy groups -OCH3 is 1. The maximum Gasteiger partial charge on any atom is 0.325 e. The predicted octanol–water partition coefficient (Wildman–Crippen LogP) is 5.30. The number of rotatable bonds is 11. The zero-order chi connectivity index (χ0) is 29.1. The first-order valence-corrected chi connectivity index (χ1v) is 15.3. The van der Waals surface area contributed by atoms with Crippen LogP contribution in [0.4, 0.5) is 10.5 Å². The fourth-order valence-electron chi connectivity index (χ4n) is 6.09. The Labute approximate surface area is 247 Å². The average Bonchev–Trinajstić information content (AvgIpc) is 3.76. The molecule has 0 spiro atoms. The van der Waals surface area contributed by atoms with E-state index < -0.39 is 0 Å². The molecule has 42 heavy (non-hydrogen) atoms. The summed E-state index contributed by atoms with van der Waals surface area (Å²) in [4.78, 5) is 32.5. The summed E-state index contributed by atoms with van der Waals surface area (Å²) in [5.74, 6) is 2.34. The average molecular weight is 575 g/mol. The van der Waals surface area contributed by atoms with Crippen LogP contribution in [0.1, 0.15) is 44.6 Å². The Morgan fingerprint density at radius 3 is 2.64 bits per heavy atom. The van der Waals surface area contributed by atoms with E-state index in [2.05, 4.69) is 19.1 Å². The Hall–Kier alpha value is -3.72. The van der Waals surface area contributed by atoms with Crippen molar-refractivity contribution in [1.29, 1.82) is 0 Å². The number of anilines is 1. The maximum atomic E-state index is 13.9. The van der Waals surface area contributed by atoms with Gasteiger partial charge in [0.05, 0.1) is 26.9 Å². The zero-order valence-electron chi connectivity index (χ0n) is 24.8. The number of hydrogen-bond acceptors (Lipinski definition) is 5. The molecule has 6 rings (SSSR count). The number of urea groups is 1. The molecule has 0 unspecified atom stereocenters. The van der Waals surface area contributed by atoms with Gasteiger partial charge in [0, 0.05) is 61.1 Å². The van der Waals surface area contributed by atoms with E-state index in [1.807, 2.05) is 55.8 Å². The van der Waals surface area contributed by atoms with Gasteiger partial charge in [-0.3, -0.25) is 9.69 Å². The van der Waals surface area contributed by atoms with E-state index in [0.29, 0.717) is 64.0 Å². The van der Waals surface area contributed by atoms with Crippen LogP contribution >= 0.6 is 0 Å². The predicted molar refractivity (Wildman–Crippen MR) is 162 cm³/mol. The van der Waals surface area contributed by atoms with Crippen LogP contribution in [0.3, 0.4) is 0 Å². The molecule has 3 aliphatic rings. The quantitative estimate of drug-likeness (QED) is 0.291. The number of benzene rings is 2. The minimum absolute atomic E-state index is 0.0162. The third-order valence-corrected chi connectivity index (χ3v) is 8.86. The van der Waals surface area contributed by atoms with Gasteiger partial charge in [0.2, 0.25) is 5.91 Å². The number of amides is 3. The van der Waals surface area contributed by atoms with Crippen molar-refractivity contribution in [3.05, 3.63) is 54.2 Å². The molecule has 1 aliphatic carbocycles. The van der Waals surface area contributed by atoms with Crippen LogP contribution < -0.4 is 14.4 Å². The van der Waals surface area contributed by atoms with Gasteiger partial charge in [-0.1, -0.05) is 25.0 Å². The highest BCUT2D eigenvalue weighted by Gasteiger charge is 2.32. The highest BCUT2D eigenvalue weighted by Crippen LogP contribution is 2.36. The molecule has 224 valence electrons. The van der Waals surface area contributed by atoms with Crippen molar-refractivity contribution in [2.75, 3.05) is 51.5 Å². The molecular formula is C33H42N4O5. The number of carbonyl (C=O) groups excluding carboxylic acids is 2. The third kappa shape index (κ3) is 6.21. The van der Waals surface area contributed by atoms with Crippen molar-refractivity contribution >= 4 is 28.5 Å². The lowest BCUT2D eigenvalue weighted by molar-refractivity contribution is -0.135. The van der Waals surface area contributed by atoms with Gasteiger partial charge in [-0.15, -0.1) is 0 Å². The summed E-state index contributed by atoms with van der Waals surface area (Å²) >= 11 is 0. The minimum Gasteiger partial charge on any atom is -0.493 e. The van der Waals surface area contributed by atoms with Gasteiger partial charge in [-0.05, 0) is 61.9 Å². The van der Waals surface area contributed by atoms with Crippen molar-refractivity contribution in [1.82, 2.24) is 14.4 Å². The lowest BCUT2D eigenvalue weighted by atomic mass is 10.1. The molecule has 1 aromatic heterocycles. The third-order valence-electron chi connectivity index (χ3n) is 8.86. The number of nitrogens with zero attached hydrogens (tertiary/aromatic N) is 4. The lowest BCUT2D eigenvalue weighted by Gasteiger charge is -2.40. The van der Waals surface area contributed by atoms with Crippen LogP contribution in [0.25, 0.3) is 10.9 Å². The molecule has 2 aliphatic heterocycles. The van der Waals surface area contributed by atoms with Crippen LogP contribution in [0.2, 0.25) is 0 Å². The molecule has 3 amide bonds. The van der Waals surface area contributed by atoms with Crippen molar-refractivity contribution in [3.8, 4) is 11.5 Å². The van der Waals surface area contributed by atoms with Gasteiger partial charge < -0.3 is 28.6 Å². The van der Waals surface area contributed by atoms with Crippen LogP contribution in [0.15, 0.2) is 48.7 Å². The van der Waals surface area contributed by atoms with E-state index in [1.54, 1.807) is 7.11 Å². The van der Waals surface area contributed by atoms with Crippen LogP contribution in [0.5, 0.6) is 11.5 Å². The number of morpholine rings is 1. The monoisotopic (exact) mass is 574 g/mol. The number of aromatic nitrogens is 1. The second-order valence-electron chi connectivity index (χ2n) is 11.8. The summed E-state index contributed by atoms with van der Waals surface area (Å²) in [5, 5.41) is 1.07. The topological polar surface area (TPSA) is 76.5 Å². The first-order valence-electron chi connectivity index (χ1n) is 15.3. The highest BCUT2D eigenvalue weighted by molar-refractivity contribution is 5.94. The molecule has 1 saturated carbocycles. The van der Waals surface area contributed by atoms with Crippen molar-refractivity contribution in [3.63, 3.8) is 0 Å². The zero-order valence-corrected chi connectivity index (χ0v) is 24.8. The van der Waals surface area contributed by atoms with E-state index in [0.717, 1.165) is 40.9 Å². The van der Waals surface area contributed by atoms with Crippen molar-refractivity contribution < 1.29 is 23.8 Å². The molecule has 3 heterocycles. The van der Waals surface area contributed by atoms with Gasteiger partial charge in [0.15, 0.2) is 11.5 Å². The standard InChI is InChI=1S/C33H42N4O5/c1-24-12-15-36(27-10-11-30(40-2)31(21-27)42-18-4-5-25-8-9-25)33(39)37(24)22-26-6-3-7-29-28(26)13-14-35(29)23-32(38)34-16-19-41-20-17-34/h3,6-7,10-11,13-14,21,24-25H,4-5,8-9,12,15-20,22-23H2,1-2H3/t24-/m0/s1. The normalized spacial score (nSPS) is 19.4. The van der Waals surface area contributed by atoms with Gasteiger partial charge >= 0.3 is 6.03 Å². The Morgan fingerprint density at radius 2 is 1.86 bits per heavy atom. The largest absolute Gasteiger partial charge is 0.493 e. The molecule has 9 heteroatoms. The number of ether oxygens (including phenoxy) is 3. The summed E-state index contributed by atoms with van der Waals surface area (Å²) in [6.07, 6.45) is 7.77. The first-order chi connectivity index (χ1) is 20.5. The molecule has 3 fully saturated rings. The number of fused-ring (bicyclic) bond motifs is 1. The molecule has 9 nitrogen and oxygen atoms in total. The smallest absolute Gasteiger partial charge is 0.325 e. The lowest BCUT2D eigenvalue weighted by Crippen LogP contribution is -2.53. The SMILES string of the molecule is COc1ccc(N2CC[C@H](C)N(Cc3cccc4c3ccn4CC(=O)N3CCOCC3)C2=O)cc1OCCCC1CC1. The van der Waals surface area contributed by atoms with Crippen LogP contribution in [-0.2, 0) is 22.6 Å². The van der Waals surface area contributed by atoms with Gasteiger partial charge in [-0.2, -0.15) is 0 Å². The van der Waals surface area contributed by atoms with E-state index in [-0.39, 0.29) is 18.0 Å². The van der Waals surface area contributed by atoms with E-state index in [9.17, 15) is 9.59 Å². The molecule has 3 aromatic rings. The summed E-state index contributed by atoms with van der Waals surface area (Å²) in [6, 6.07) is 14.1. The first kappa shape index (κ1) is 28.4. The van der Waals surface area contributed by atoms with Crippen molar-refractivity contribution in [2.24, 2.45) is 5.92 Å². The summed E-state index contributed by atoms with van der Waals surface area (Å²) in [7, 11) is 1.65. The highest BCUT2D eigenvalue weighted by atomic mass is 16.5. The number of hydrogen-bond donors (Lipinski definition) is 0. The summed E-state index contributed by atoms with van der Waals surface area (Å²) < 4.78 is 19.1. The Kier molecular flexibility index (Phi) is 8.55. The Balaban J connectivity index is 1.17. The van der Waals surface area contributed by atoms with Gasteiger partial charge in [-0.25, -0.2) is 4.79 Å². The van der Waals surface area contributed by atoms with Gasteiger partial charge in [0.1, 0.15) is 6.54 Å². The van der Waals surface area contributed by atoms with Crippen LogP contribution in [-0.4, -0.2) is 78.9 Å². The van der Waals surface area contributed by atoms with E-state index >= 15 is 0 Å².